The van der Waals surface area contributed by atoms with Crippen LogP contribution in [0.1, 0.15) is 9.80 Å². The number of aromatic nitrogens is 1. The minimum absolute atomic E-state index is 0.0280. The van der Waals surface area contributed by atoms with Gasteiger partial charge < -0.3 is 10.0 Å². The number of hydrogen-bond acceptors (Lipinski definition) is 4. The summed E-state index contributed by atoms with van der Waals surface area (Å²) in [5, 5.41) is 11.8. The molecular formula is C12H11ClN2O2S. The Kier molecular flexibility index (Phi) is 3.54. The second-order valence-electron chi connectivity index (χ2n) is 3.90. The molecule has 0 aliphatic carbocycles. The van der Waals surface area contributed by atoms with Crippen LogP contribution in [0.15, 0.2) is 23.6 Å². The van der Waals surface area contributed by atoms with Crippen molar-refractivity contribution in [3.05, 3.63) is 33.6 Å². The highest BCUT2D eigenvalue weighted by Crippen LogP contribution is 2.30. The maximum atomic E-state index is 11.7. The molecule has 0 spiro atoms. The van der Waals surface area contributed by atoms with Crippen molar-refractivity contribution in [3.63, 3.8) is 0 Å². The zero-order chi connectivity index (χ0) is 13.3. The summed E-state index contributed by atoms with van der Waals surface area (Å²) in [5.74, 6) is -0.101. The van der Waals surface area contributed by atoms with E-state index in [1.807, 2.05) is 0 Å². The lowest BCUT2D eigenvalue weighted by atomic mass is 10.2. The lowest BCUT2D eigenvalue weighted by Crippen LogP contribution is -2.21. The number of phenolic OH excluding ortho intramolecular Hbond substituents is 1. The first-order valence-corrected chi connectivity index (χ1v) is 6.41. The Morgan fingerprint density at radius 2 is 2.17 bits per heavy atom. The number of rotatable bonds is 2. The van der Waals surface area contributed by atoms with E-state index in [0.29, 0.717) is 10.7 Å². The third-order valence-electron chi connectivity index (χ3n) is 2.34. The molecule has 0 saturated carbocycles. The number of thiazole rings is 1. The number of carbonyl (C=O) groups is 1. The number of benzene rings is 1. The van der Waals surface area contributed by atoms with Crippen LogP contribution in [0.3, 0.4) is 0 Å². The first-order chi connectivity index (χ1) is 8.49. The van der Waals surface area contributed by atoms with Crippen LogP contribution in [0.2, 0.25) is 5.02 Å². The molecule has 2 rings (SSSR count). The van der Waals surface area contributed by atoms with Crippen LogP contribution in [0.5, 0.6) is 5.75 Å². The monoisotopic (exact) mass is 282 g/mol. The van der Waals surface area contributed by atoms with Gasteiger partial charge in [0, 0.05) is 25.0 Å². The van der Waals surface area contributed by atoms with Crippen molar-refractivity contribution in [1.82, 2.24) is 9.88 Å². The zero-order valence-corrected chi connectivity index (χ0v) is 11.4. The number of amides is 1. The van der Waals surface area contributed by atoms with Gasteiger partial charge in [0.25, 0.3) is 5.91 Å². The van der Waals surface area contributed by atoms with E-state index in [9.17, 15) is 9.90 Å². The molecule has 2 aromatic rings. The average molecular weight is 283 g/mol. The first kappa shape index (κ1) is 12.9. The van der Waals surface area contributed by atoms with Crippen molar-refractivity contribution in [2.45, 2.75) is 0 Å². The van der Waals surface area contributed by atoms with Crippen LogP contribution in [0, 0.1) is 0 Å². The number of phenols is 1. The van der Waals surface area contributed by atoms with Gasteiger partial charge in [0.05, 0.1) is 10.7 Å². The Labute approximate surface area is 113 Å². The topological polar surface area (TPSA) is 53.4 Å². The predicted molar refractivity (Wildman–Crippen MR) is 72.2 cm³/mol. The Hall–Kier alpha value is -1.59. The Bertz CT molecular complexity index is 596. The summed E-state index contributed by atoms with van der Waals surface area (Å²) < 4.78 is 0. The lowest BCUT2D eigenvalue weighted by molar-refractivity contribution is 0.0827. The molecule has 4 nitrogen and oxygen atoms in total. The van der Waals surface area contributed by atoms with E-state index >= 15 is 0 Å². The standard InChI is InChI=1S/C12H11ClN2O2S/c1-15(2)12(17)11-14-9(6-18-11)7-3-4-10(16)8(13)5-7/h3-6,16H,1-2H3. The zero-order valence-electron chi connectivity index (χ0n) is 9.85. The molecule has 0 saturated heterocycles. The van der Waals surface area contributed by atoms with Crippen molar-refractivity contribution < 1.29 is 9.90 Å². The highest BCUT2D eigenvalue weighted by atomic mass is 35.5. The number of aromatic hydroxyl groups is 1. The van der Waals surface area contributed by atoms with Gasteiger partial charge in [0.15, 0.2) is 5.01 Å². The molecule has 0 aliphatic rings. The summed E-state index contributed by atoms with van der Waals surface area (Å²) in [5.41, 5.74) is 1.44. The quantitative estimate of drug-likeness (QED) is 0.921. The smallest absolute Gasteiger partial charge is 0.282 e. The largest absolute Gasteiger partial charge is 0.506 e. The predicted octanol–water partition coefficient (Wildman–Crippen LogP) is 2.87. The molecule has 0 fully saturated rings. The molecule has 1 amide bonds. The molecule has 1 aromatic heterocycles. The number of nitrogens with zero attached hydrogens (tertiary/aromatic N) is 2. The van der Waals surface area contributed by atoms with Gasteiger partial charge in [0.2, 0.25) is 0 Å². The molecule has 1 N–H and O–H groups in total. The third-order valence-corrected chi connectivity index (χ3v) is 3.47. The Morgan fingerprint density at radius 1 is 1.44 bits per heavy atom. The van der Waals surface area contributed by atoms with Crippen LogP contribution in [0.25, 0.3) is 11.3 Å². The molecule has 18 heavy (non-hydrogen) atoms. The molecule has 0 radical (unpaired) electrons. The second kappa shape index (κ2) is 4.96. The average Bonchev–Trinajstić information content (AvgIpc) is 2.81. The normalized spacial score (nSPS) is 10.4. The SMILES string of the molecule is CN(C)C(=O)c1nc(-c2ccc(O)c(Cl)c2)cs1. The fourth-order valence-corrected chi connectivity index (χ4v) is 2.39. The van der Waals surface area contributed by atoms with Crippen molar-refractivity contribution in [2.75, 3.05) is 14.1 Å². The van der Waals surface area contributed by atoms with Crippen LogP contribution in [0.4, 0.5) is 0 Å². The van der Waals surface area contributed by atoms with Crippen molar-refractivity contribution in [3.8, 4) is 17.0 Å². The van der Waals surface area contributed by atoms with Gasteiger partial charge in [-0.1, -0.05) is 11.6 Å². The van der Waals surface area contributed by atoms with Gasteiger partial charge in [-0.2, -0.15) is 0 Å². The third kappa shape index (κ3) is 2.47. The van der Waals surface area contributed by atoms with Gasteiger partial charge in [-0.05, 0) is 18.2 Å². The maximum Gasteiger partial charge on any atom is 0.282 e. The minimum Gasteiger partial charge on any atom is -0.506 e. The van der Waals surface area contributed by atoms with E-state index in [1.165, 1.54) is 22.3 Å². The maximum absolute atomic E-state index is 11.7. The molecule has 0 bridgehead atoms. The fourth-order valence-electron chi connectivity index (χ4n) is 1.36. The molecule has 0 atom stereocenters. The van der Waals surface area contributed by atoms with Gasteiger partial charge in [-0.25, -0.2) is 4.98 Å². The first-order valence-electron chi connectivity index (χ1n) is 5.15. The van der Waals surface area contributed by atoms with Gasteiger partial charge in [-0.3, -0.25) is 4.79 Å². The molecule has 0 aliphatic heterocycles. The van der Waals surface area contributed by atoms with Crippen molar-refractivity contribution in [2.24, 2.45) is 0 Å². The van der Waals surface area contributed by atoms with E-state index in [4.69, 9.17) is 11.6 Å². The summed E-state index contributed by atoms with van der Waals surface area (Å²) in [4.78, 5) is 17.5. The lowest BCUT2D eigenvalue weighted by Gasteiger charge is -2.06. The molecule has 94 valence electrons. The summed E-state index contributed by atoms with van der Waals surface area (Å²) >= 11 is 7.12. The number of halogens is 1. The van der Waals surface area contributed by atoms with E-state index in [2.05, 4.69) is 4.98 Å². The summed E-state index contributed by atoms with van der Waals surface area (Å²) in [6.45, 7) is 0. The van der Waals surface area contributed by atoms with E-state index in [0.717, 1.165) is 5.56 Å². The van der Waals surface area contributed by atoms with Gasteiger partial charge >= 0.3 is 0 Å². The molecule has 0 unspecified atom stereocenters. The van der Waals surface area contributed by atoms with E-state index in [1.54, 1.807) is 31.6 Å². The highest BCUT2D eigenvalue weighted by molar-refractivity contribution is 7.12. The van der Waals surface area contributed by atoms with Gasteiger partial charge in [-0.15, -0.1) is 11.3 Å². The molecule has 1 heterocycles. The molecular weight excluding hydrogens is 272 g/mol. The summed E-state index contributed by atoms with van der Waals surface area (Å²) in [7, 11) is 3.36. The minimum atomic E-state index is -0.129. The van der Waals surface area contributed by atoms with Crippen LogP contribution in [-0.4, -0.2) is 35.0 Å². The van der Waals surface area contributed by atoms with E-state index in [-0.39, 0.29) is 16.7 Å². The summed E-state index contributed by atoms with van der Waals surface area (Å²) in [6.07, 6.45) is 0. The number of carbonyl (C=O) groups excluding carboxylic acids is 1. The highest BCUT2D eigenvalue weighted by Gasteiger charge is 2.14. The Morgan fingerprint density at radius 3 is 2.78 bits per heavy atom. The van der Waals surface area contributed by atoms with Crippen LogP contribution < -0.4 is 0 Å². The molecule has 6 heteroatoms. The van der Waals surface area contributed by atoms with E-state index < -0.39 is 0 Å². The van der Waals surface area contributed by atoms with Gasteiger partial charge in [0.1, 0.15) is 5.75 Å². The fraction of sp³-hybridized carbons (Fsp3) is 0.167. The van der Waals surface area contributed by atoms with Crippen molar-refractivity contribution in [1.29, 1.82) is 0 Å². The van der Waals surface area contributed by atoms with Crippen molar-refractivity contribution >= 4 is 28.8 Å². The van der Waals surface area contributed by atoms with Crippen LogP contribution in [-0.2, 0) is 0 Å². The second-order valence-corrected chi connectivity index (χ2v) is 5.17. The molecule has 1 aromatic carbocycles. The number of hydrogen-bond donors (Lipinski definition) is 1. The van der Waals surface area contributed by atoms with Crippen LogP contribution >= 0.6 is 22.9 Å². The summed E-state index contributed by atoms with van der Waals surface area (Å²) in [6, 6.07) is 4.83. The Balaban J connectivity index is 2.35.